The van der Waals surface area contributed by atoms with Gasteiger partial charge in [-0.15, -0.1) is 0 Å². The van der Waals surface area contributed by atoms with E-state index in [4.69, 9.17) is 33.4 Å². The molecule has 3 aliphatic rings. The molecule has 2 saturated heterocycles. The van der Waals surface area contributed by atoms with Crippen molar-refractivity contribution in [2.45, 2.75) is 61.6 Å². The summed E-state index contributed by atoms with van der Waals surface area (Å²) in [6.45, 7) is 0.310. The fourth-order valence-electron chi connectivity index (χ4n) is 8.88. The Balaban J connectivity index is 1.21. The topological polar surface area (TPSA) is 192 Å². The Morgan fingerprint density at radius 1 is 0.924 bits per heavy atom. The van der Waals surface area contributed by atoms with Crippen LogP contribution in [-0.4, -0.2) is 113 Å². The fourth-order valence-corrected chi connectivity index (χ4v) is 8.88. The predicted molar refractivity (Wildman–Crippen MR) is 238 cm³/mol. The van der Waals surface area contributed by atoms with Crippen LogP contribution >= 0.6 is 0 Å². The lowest BCUT2D eigenvalue weighted by molar-refractivity contribution is -0.282. The molecular formula is C48H48FN7O10. The number of para-hydroxylation sites is 3. The Kier molecular flexibility index (Phi) is 12.4. The monoisotopic (exact) mass is 901 g/mol. The Hall–Kier alpha value is -6.99. The number of aromatic amines is 1. The third-order valence-electron chi connectivity index (χ3n) is 12.0. The van der Waals surface area contributed by atoms with Gasteiger partial charge in [-0.1, -0.05) is 78.9 Å². The number of rotatable bonds is 15. The number of ether oxygens (including phenoxy) is 6. The Bertz CT molecular complexity index is 2760. The highest BCUT2D eigenvalue weighted by atomic mass is 19.1. The van der Waals surface area contributed by atoms with E-state index >= 15 is 4.39 Å². The van der Waals surface area contributed by atoms with Crippen LogP contribution in [0.1, 0.15) is 48.6 Å². The minimum absolute atomic E-state index is 0.00227. The molecule has 66 heavy (non-hydrogen) atoms. The second kappa shape index (κ2) is 18.5. The molecule has 3 aliphatic heterocycles. The summed E-state index contributed by atoms with van der Waals surface area (Å²) in [5, 5.41) is 9.36. The van der Waals surface area contributed by atoms with Gasteiger partial charge in [0.1, 0.15) is 42.2 Å². The first-order valence-corrected chi connectivity index (χ1v) is 21.5. The normalized spacial score (nSPS) is 20.7. The number of anilines is 1. The highest BCUT2D eigenvalue weighted by molar-refractivity contribution is 5.76. The SMILES string of the molecule is COC1(O[C@@H]2[C@H](OC3(c4ccccc4)c4ccccc4Oc4ccccc43)[C@@H](COC(=O)CCC(=O)O)O[C@H]2n2cnc3c(=O)[nH]c(/N=C/N(C)C)nc32)CCN(c2ccccc2F)CC1. The number of aliphatic imine (C=N–C) groups is 1. The highest BCUT2D eigenvalue weighted by Gasteiger charge is 2.57. The van der Waals surface area contributed by atoms with Gasteiger partial charge in [-0.05, 0) is 29.8 Å². The number of carboxylic acids is 1. The number of nitrogens with one attached hydrogen (secondary N) is 1. The van der Waals surface area contributed by atoms with Crippen LogP contribution in [0.15, 0.2) is 119 Å². The van der Waals surface area contributed by atoms with E-state index in [1.54, 1.807) is 48.9 Å². The molecule has 0 amide bonds. The molecule has 0 radical (unpaired) electrons. The quantitative estimate of drug-likeness (QED) is 0.0505. The summed E-state index contributed by atoms with van der Waals surface area (Å²) in [7, 11) is 5.09. The van der Waals surface area contributed by atoms with Crippen molar-refractivity contribution in [2.24, 2.45) is 4.99 Å². The molecule has 0 bridgehead atoms. The van der Waals surface area contributed by atoms with Crippen LogP contribution in [0, 0.1) is 5.82 Å². The first-order valence-electron chi connectivity index (χ1n) is 21.5. The first-order chi connectivity index (χ1) is 32.0. The molecule has 5 heterocycles. The number of imidazole rings is 1. The number of esters is 1. The van der Waals surface area contributed by atoms with E-state index in [0.717, 1.165) is 5.56 Å². The molecule has 2 aromatic heterocycles. The van der Waals surface area contributed by atoms with Gasteiger partial charge in [0, 0.05) is 58.3 Å². The van der Waals surface area contributed by atoms with Crippen LogP contribution < -0.4 is 15.2 Å². The maximum absolute atomic E-state index is 15.1. The Labute approximate surface area is 378 Å². The smallest absolute Gasteiger partial charge is 0.306 e. The molecule has 0 unspecified atom stereocenters. The van der Waals surface area contributed by atoms with Gasteiger partial charge in [0.25, 0.3) is 5.56 Å². The number of methoxy groups -OCH3 is 1. The zero-order valence-corrected chi connectivity index (χ0v) is 36.4. The number of hydrogen-bond acceptors (Lipinski definition) is 13. The van der Waals surface area contributed by atoms with Crippen LogP contribution in [0.4, 0.5) is 16.0 Å². The van der Waals surface area contributed by atoms with Crippen molar-refractivity contribution in [2.75, 3.05) is 45.8 Å². The number of aliphatic carboxylic acids is 1. The van der Waals surface area contributed by atoms with Crippen LogP contribution in [0.25, 0.3) is 11.2 Å². The molecule has 0 aliphatic carbocycles. The molecule has 4 atom stereocenters. The number of carbonyl (C=O) groups excluding carboxylic acids is 1. The van der Waals surface area contributed by atoms with Gasteiger partial charge in [-0.2, -0.15) is 4.98 Å². The number of fused-ring (bicyclic) bond motifs is 3. The number of hydrogen-bond donors (Lipinski definition) is 2. The molecule has 2 fully saturated rings. The molecule has 342 valence electrons. The van der Waals surface area contributed by atoms with Gasteiger partial charge < -0.3 is 43.3 Å². The van der Waals surface area contributed by atoms with Crippen LogP contribution in [0.5, 0.6) is 11.5 Å². The van der Waals surface area contributed by atoms with Gasteiger partial charge in [0.15, 0.2) is 28.8 Å². The first kappa shape index (κ1) is 44.2. The van der Waals surface area contributed by atoms with Crippen molar-refractivity contribution in [3.8, 4) is 11.5 Å². The maximum atomic E-state index is 15.1. The van der Waals surface area contributed by atoms with Crippen LogP contribution in [-0.2, 0) is 38.9 Å². The van der Waals surface area contributed by atoms with E-state index in [1.165, 1.54) is 18.7 Å². The summed E-state index contributed by atoms with van der Waals surface area (Å²) < 4.78 is 57.3. The van der Waals surface area contributed by atoms with Crippen LogP contribution in [0.2, 0.25) is 0 Å². The Morgan fingerprint density at radius 2 is 1.59 bits per heavy atom. The molecule has 2 N–H and O–H groups in total. The molecule has 17 nitrogen and oxygen atoms in total. The zero-order valence-electron chi connectivity index (χ0n) is 36.4. The van der Waals surface area contributed by atoms with E-state index in [-0.39, 0.29) is 42.2 Å². The third kappa shape index (κ3) is 8.51. The third-order valence-corrected chi connectivity index (χ3v) is 12.0. The fraction of sp³-hybridized carbons (Fsp3) is 0.333. The van der Waals surface area contributed by atoms with Crippen molar-refractivity contribution >= 4 is 41.1 Å². The second-order valence-electron chi connectivity index (χ2n) is 16.4. The lowest BCUT2D eigenvalue weighted by atomic mass is 9.77. The molecule has 18 heteroatoms. The minimum atomic E-state index is -1.42. The standard InChI is InChI=1S/C48H48FN7O10/c1-54(2)28-51-46-52-43-40(44(60)53-46)50-29-56(43)45-42(65-47(61-3)23-25-55(26-24-47)34-18-10-9-17-33(34)49)41(37(64-45)27-62-39(59)22-21-38(57)58)66-48(30-13-5-4-6-14-30)31-15-7-11-19-35(31)63-36-20-12-8-16-32(36)48/h4-20,28-29,37,41-42,45H,21-27H2,1-3H3,(H,57,58)(H,52,53,60)/b51-28+/t37-,41-,42-,45-/m1/s1. The lowest BCUT2D eigenvalue weighted by Gasteiger charge is -2.46. The largest absolute Gasteiger partial charge is 0.481 e. The average Bonchev–Trinajstić information content (AvgIpc) is 3.90. The summed E-state index contributed by atoms with van der Waals surface area (Å²) in [5.41, 5.74) is 0.651. The number of halogens is 1. The van der Waals surface area contributed by atoms with Gasteiger partial charge >= 0.3 is 11.9 Å². The van der Waals surface area contributed by atoms with Gasteiger partial charge in [-0.3, -0.25) is 23.9 Å². The van der Waals surface area contributed by atoms with Gasteiger partial charge in [-0.25, -0.2) is 14.4 Å². The highest BCUT2D eigenvalue weighted by Crippen LogP contribution is 2.55. The molecule has 4 aromatic carbocycles. The molecule has 0 spiro atoms. The minimum Gasteiger partial charge on any atom is -0.481 e. The van der Waals surface area contributed by atoms with Gasteiger partial charge in [0.05, 0.1) is 31.2 Å². The summed E-state index contributed by atoms with van der Waals surface area (Å²) in [4.78, 5) is 58.0. The summed E-state index contributed by atoms with van der Waals surface area (Å²) in [6.07, 6.45) is -1.97. The Morgan fingerprint density at radius 3 is 2.26 bits per heavy atom. The van der Waals surface area contributed by atoms with Crippen molar-refractivity contribution in [3.63, 3.8) is 0 Å². The van der Waals surface area contributed by atoms with E-state index in [1.807, 2.05) is 83.8 Å². The summed E-state index contributed by atoms with van der Waals surface area (Å²) >= 11 is 0. The molecule has 9 rings (SSSR count). The number of benzene rings is 4. The molecule has 6 aromatic rings. The maximum Gasteiger partial charge on any atom is 0.306 e. The van der Waals surface area contributed by atoms with E-state index in [2.05, 4.69) is 15.0 Å². The number of carbonyl (C=O) groups is 2. The second-order valence-corrected chi connectivity index (χ2v) is 16.4. The van der Waals surface area contributed by atoms with Crippen molar-refractivity contribution < 1.29 is 47.5 Å². The lowest BCUT2D eigenvalue weighted by Crippen LogP contribution is -2.53. The zero-order chi connectivity index (χ0) is 46.0. The number of carboxylic acid groups (broad SMARTS) is 1. The predicted octanol–water partition coefficient (Wildman–Crippen LogP) is 6.30. The summed E-state index contributed by atoms with van der Waals surface area (Å²) in [5.74, 6) is -2.51. The molecular weight excluding hydrogens is 854 g/mol. The number of H-pyrrole nitrogens is 1. The van der Waals surface area contributed by atoms with Crippen molar-refractivity contribution in [1.29, 1.82) is 0 Å². The number of nitrogens with zero attached hydrogens (tertiary/aromatic N) is 6. The van der Waals surface area contributed by atoms with Crippen LogP contribution in [0.3, 0.4) is 0 Å². The average molecular weight is 902 g/mol. The molecule has 0 saturated carbocycles. The van der Waals surface area contributed by atoms with Crippen molar-refractivity contribution in [1.82, 2.24) is 24.4 Å². The number of aromatic nitrogens is 4. The summed E-state index contributed by atoms with van der Waals surface area (Å²) in [6, 6.07) is 31.3. The van der Waals surface area contributed by atoms with Gasteiger partial charge in [0.2, 0.25) is 5.95 Å². The van der Waals surface area contributed by atoms with Crippen molar-refractivity contribution in [3.05, 3.63) is 142 Å². The number of piperidine rings is 1. The van der Waals surface area contributed by atoms with E-state index < -0.39 is 66.5 Å². The van der Waals surface area contributed by atoms with E-state index in [0.29, 0.717) is 41.4 Å². The van der Waals surface area contributed by atoms with E-state index in [9.17, 15) is 19.5 Å².